The molecule has 14 heavy (non-hydrogen) atoms. The predicted octanol–water partition coefficient (Wildman–Crippen LogP) is -2.98. The van der Waals surface area contributed by atoms with Crippen molar-refractivity contribution in [2.75, 3.05) is 6.61 Å². The highest BCUT2D eigenvalue weighted by atomic mass is 16.6. The summed E-state index contributed by atoms with van der Waals surface area (Å²) in [6.45, 7) is 3.76. The Morgan fingerprint density at radius 3 is 2.07 bits per heavy atom. The third-order valence-corrected chi connectivity index (χ3v) is 0.666. The third kappa shape index (κ3) is 16.4. The van der Waals surface area contributed by atoms with Gasteiger partial charge in [0.15, 0.2) is 0 Å². The maximum absolute atomic E-state index is 5.07. The minimum absolute atomic E-state index is 0.0388. The molecule has 0 aliphatic rings. The summed E-state index contributed by atoms with van der Waals surface area (Å²) in [4.78, 5) is 4.63. The van der Waals surface area contributed by atoms with Crippen molar-refractivity contribution in [1.29, 1.82) is 0 Å². The Morgan fingerprint density at radius 2 is 1.79 bits per heavy atom. The number of hydroxylamine groups is 1. The van der Waals surface area contributed by atoms with Crippen molar-refractivity contribution >= 4 is 11.9 Å². The van der Waals surface area contributed by atoms with Gasteiger partial charge in [0.25, 0.3) is 0 Å². The van der Waals surface area contributed by atoms with Crippen molar-refractivity contribution in [3.05, 3.63) is 12.7 Å². The summed E-state index contributed by atoms with van der Waals surface area (Å²) < 4.78 is 0. The SMILES string of the molecule is C=CCONC(N)=NN.NN=C(N)N. The van der Waals surface area contributed by atoms with E-state index in [1.54, 1.807) is 6.08 Å². The van der Waals surface area contributed by atoms with Gasteiger partial charge in [0.2, 0.25) is 11.9 Å². The molecule has 0 amide bonds. The number of hydrogen-bond acceptors (Lipinski definition) is 5. The first-order chi connectivity index (χ1) is 6.58. The first-order valence-corrected chi connectivity index (χ1v) is 3.39. The Kier molecular flexibility index (Phi) is 11.1. The summed E-state index contributed by atoms with van der Waals surface area (Å²) in [6, 6.07) is 0. The summed E-state index contributed by atoms with van der Waals surface area (Å²) in [7, 11) is 0. The molecule has 0 aromatic carbocycles. The van der Waals surface area contributed by atoms with Crippen LogP contribution in [0.3, 0.4) is 0 Å². The van der Waals surface area contributed by atoms with Crippen molar-refractivity contribution < 1.29 is 4.84 Å². The lowest BCUT2D eigenvalue weighted by Crippen LogP contribution is -2.32. The minimum Gasteiger partial charge on any atom is -0.369 e. The van der Waals surface area contributed by atoms with Crippen LogP contribution in [-0.2, 0) is 4.84 Å². The van der Waals surface area contributed by atoms with E-state index < -0.39 is 0 Å². The molecule has 11 N–H and O–H groups in total. The zero-order chi connectivity index (χ0) is 11.4. The molecule has 9 heteroatoms. The van der Waals surface area contributed by atoms with Crippen molar-refractivity contribution in [2.45, 2.75) is 0 Å². The lowest BCUT2D eigenvalue weighted by atomic mass is 10.7. The number of rotatable bonds is 3. The molecule has 0 bridgehead atoms. The second-order valence-electron chi connectivity index (χ2n) is 1.77. The summed E-state index contributed by atoms with van der Waals surface area (Å²) in [5.41, 5.74) is 16.7. The Hall–Kier alpha value is -2.16. The fourth-order valence-electron chi connectivity index (χ4n) is 0.201. The van der Waals surface area contributed by atoms with Crippen LogP contribution in [0.4, 0.5) is 0 Å². The van der Waals surface area contributed by atoms with E-state index in [1.165, 1.54) is 0 Å². The average Bonchev–Trinajstić information content (AvgIpc) is 2.19. The van der Waals surface area contributed by atoms with Crippen molar-refractivity contribution in [2.24, 2.45) is 39.1 Å². The molecule has 0 unspecified atom stereocenters. The number of hydrogen-bond donors (Lipinski definition) is 6. The number of nitrogens with zero attached hydrogens (tertiary/aromatic N) is 2. The maximum atomic E-state index is 5.07. The molecule has 0 aromatic rings. The van der Waals surface area contributed by atoms with Gasteiger partial charge in [-0.05, 0) is 0 Å². The summed E-state index contributed by atoms with van der Waals surface area (Å²) in [6.07, 6.45) is 1.57. The largest absolute Gasteiger partial charge is 0.369 e. The second-order valence-corrected chi connectivity index (χ2v) is 1.77. The molecule has 0 saturated heterocycles. The molecule has 0 aliphatic heterocycles. The quantitative estimate of drug-likeness (QED) is 0.0708. The maximum Gasteiger partial charge on any atom is 0.234 e. The normalized spacial score (nSPS) is 9.29. The molecular formula is C5H16N8O. The minimum atomic E-state index is -0.0926. The van der Waals surface area contributed by atoms with Crippen LogP contribution in [0, 0.1) is 0 Å². The highest BCUT2D eigenvalue weighted by Gasteiger charge is 1.83. The molecule has 0 fully saturated rings. The predicted molar refractivity (Wildman–Crippen MR) is 55.1 cm³/mol. The van der Waals surface area contributed by atoms with Gasteiger partial charge in [-0.3, -0.25) is 4.84 Å². The molecule has 0 rings (SSSR count). The fraction of sp³-hybridized carbons (Fsp3) is 0.200. The van der Waals surface area contributed by atoms with Gasteiger partial charge in [0.05, 0.1) is 6.61 Å². The lowest BCUT2D eigenvalue weighted by Gasteiger charge is -2.00. The lowest BCUT2D eigenvalue weighted by molar-refractivity contribution is 0.109. The molecule has 0 spiro atoms. The summed E-state index contributed by atoms with van der Waals surface area (Å²) in [5.74, 6) is 9.20. The Morgan fingerprint density at radius 1 is 1.29 bits per heavy atom. The molecule has 9 nitrogen and oxygen atoms in total. The Bertz CT molecular complexity index is 196. The van der Waals surface area contributed by atoms with Gasteiger partial charge >= 0.3 is 0 Å². The zero-order valence-electron chi connectivity index (χ0n) is 7.68. The van der Waals surface area contributed by atoms with Crippen molar-refractivity contribution in [3.63, 3.8) is 0 Å². The summed E-state index contributed by atoms with van der Waals surface area (Å²) in [5, 5.41) is 5.95. The van der Waals surface area contributed by atoms with E-state index in [-0.39, 0.29) is 11.9 Å². The van der Waals surface area contributed by atoms with E-state index in [4.69, 9.17) is 23.0 Å². The monoisotopic (exact) mass is 204 g/mol. The molecular weight excluding hydrogens is 188 g/mol. The number of hydrazone groups is 2. The summed E-state index contributed by atoms with van der Waals surface area (Å²) >= 11 is 0. The molecule has 0 atom stereocenters. The number of nitrogens with two attached hydrogens (primary N) is 5. The number of guanidine groups is 2. The Balaban J connectivity index is 0. The van der Waals surface area contributed by atoms with Crippen LogP contribution in [0.2, 0.25) is 0 Å². The van der Waals surface area contributed by atoms with Gasteiger partial charge in [-0.1, -0.05) is 6.08 Å². The molecule has 0 aromatic heterocycles. The molecule has 0 radical (unpaired) electrons. The zero-order valence-corrected chi connectivity index (χ0v) is 7.68. The van der Waals surface area contributed by atoms with Crippen LogP contribution in [-0.4, -0.2) is 18.5 Å². The molecule has 82 valence electrons. The van der Waals surface area contributed by atoms with Gasteiger partial charge in [-0.2, -0.15) is 0 Å². The van der Waals surface area contributed by atoms with Crippen LogP contribution in [0.25, 0.3) is 0 Å². The first kappa shape index (κ1) is 14.4. The van der Waals surface area contributed by atoms with E-state index in [0.29, 0.717) is 6.61 Å². The van der Waals surface area contributed by atoms with E-state index >= 15 is 0 Å². The van der Waals surface area contributed by atoms with Crippen LogP contribution in [0.1, 0.15) is 0 Å². The topological polar surface area (TPSA) is 176 Å². The van der Waals surface area contributed by atoms with Crippen LogP contribution in [0.5, 0.6) is 0 Å². The first-order valence-electron chi connectivity index (χ1n) is 3.39. The van der Waals surface area contributed by atoms with E-state index in [2.05, 4.69) is 32.9 Å². The molecule has 0 aliphatic carbocycles. The van der Waals surface area contributed by atoms with E-state index in [1.807, 2.05) is 0 Å². The average molecular weight is 204 g/mol. The van der Waals surface area contributed by atoms with Gasteiger partial charge in [0, 0.05) is 0 Å². The van der Waals surface area contributed by atoms with Crippen LogP contribution < -0.4 is 34.4 Å². The fourth-order valence-corrected chi connectivity index (χ4v) is 0.201. The van der Waals surface area contributed by atoms with Crippen molar-refractivity contribution in [3.8, 4) is 0 Å². The van der Waals surface area contributed by atoms with Gasteiger partial charge < -0.3 is 28.9 Å². The second kappa shape index (κ2) is 10.8. The van der Waals surface area contributed by atoms with Crippen molar-refractivity contribution in [1.82, 2.24) is 5.48 Å². The van der Waals surface area contributed by atoms with Gasteiger partial charge in [-0.25, -0.2) is 5.48 Å². The van der Waals surface area contributed by atoms with E-state index in [9.17, 15) is 0 Å². The molecule has 0 saturated carbocycles. The third-order valence-electron chi connectivity index (χ3n) is 0.666. The van der Waals surface area contributed by atoms with Crippen LogP contribution in [0.15, 0.2) is 22.9 Å². The van der Waals surface area contributed by atoms with Gasteiger partial charge in [-0.15, -0.1) is 16.8 Å². The molecule has 0 heterocycles. The standard InChI is InChI=1S/C4H10N4O.CH6N4/c1-2-3-9-8-4(5)7-6;2-1(3)5-4/h2H,1,3,6H2,(H3,5,7,8);4H2,(H4,2,3,5). The highest BCUT2D eigenvalue weighted by Crippen LogP contribution is 1.65. The van der Waals surface area contributed by atoms with E-state index in [0.717, 1.165) is 0 Å². The smallest absolute Gasteiger partial charge is 0.234 e. The van der Waals surface area contributed by atoms with Gasteiger partial charge in [0.1, 0.15) is 0 Å². The van der Waals surface area contributed by atoms with Crippen LogP contribution >= 0.6 is 0 Å². The Labute approximate surface area is 81.6 Å². The highest BCUT2D eigenvalue weighted by molar-refractivity contribution is 5.76. The number of nitrogens with one attached hydrogen (secondary N) is 1.